The van der Waals surface area contributed by atoms with Crippen LogP contribution in [0.25, 0.3) is 0 Å². The smallest absolute Gasteiger partial charge is 0.258 e. The van der Waals surface area contributed by atoms with Gasteiger partial charge in [-0.3, -0.25) is 4.79 Å². The molecule has 0 aliphatic carbocycles. The number of para-hydroxylation sites is 1. The van der Waals surface area contributed by atoms with Crippen molar-refractivity contribution in [2.24, 2.45) is 5.73 Å². The lowest BCUT2D eigenvalue weighted by molar-refractivity contribution is -0.124. The predicted octanol–water partition coefficient (Wildman–Crippen LogP) is 1.70. The Bertz CT molecular complexity index is 314. The number of hydrogen-bond acceptors (Lipinski definition) is 2. The topological polar surface area (TPSA) is 52.3 Å². The average molecular weight is 244 g/mol. The van der Waals surface area contributed by atoms with E-state index in [1.54, 1.807) is 13.0 Å². The number of primary amides is 1. The molecule has 0 saturated carbocycles. The fraction of sp³-hybridized carbons (Fsp3) is 0.222. The van der Waals surface area contributed by atoms with Gasteiger partial charge in [0.25, 0.3) is 5.91 Å². The Balaban J connectivity index is 2.74. The summed E-state index contributed by atoms with van der Waals surface area (Å²) in [6, 6.07) is 7.30. The highest BCUT2D eigenvalue weighted by Crippen LogP contribution is 2.24. The first-order valence-corrected chi connectivity index (χ1v) is 4.61. The highest BCUT2D eigenvalue weighted by molar-refractivity contribution is 9.10. The molecule has 2 N–H and O–H groups in total. The third-order valence-corrected chi connectivity index (χ3v) is 2.20. The molecule has 3 nitrogen and oxygen atoms in total. The number of rotatable bonds is 3. The summed E-state index contributed by atoms with van der Waals surface area (Å²) in [6.45, 7) is 1.61. The fourth-order valence-corrected chi connectivity index (χ4v) is 1.17. The van der Waals surface area contributed by atoms with Crippen LogP contribution in [-0.4, -0.2) is 12.0 Å². The second-order valence-electron chi connectivity index (χ2n) is 2.59. The summed E-state index contributed by atoms with van der Waals surface area (Å²) in [5.74, 6) is 0.143. The van der Waals surface area contributed by atoms with Crippen molar-refractivity contribution < 1.29 is 9.53 Å². The minimum Gasteiger partial charge on any atom is -0.480 e. The molecule has 0 fully saturated rings. The summed E-state index contributed by atoms with van der Waals surface area (Å²) < 4.78 is 6.09. The number of amides is 1. The van der Waals surface area contributed by atoms with E-state index in [1.807, 2.05) is 18.2 Å². The third-order valence-electron chi connectivity index (χ3n) is 1.54. The minimum absolute atomic E-state index is 0.476. The maximum atomic E-state index is 10.7. The van der Waals surface area contributed by atoms with E-state index in [0.29, 0.717) is 5.75 Å². The van der Waals surface area contributed by atoms with Crippen LogP contribution in [0.15, 0.2) is 28.7 Å². The Morgan fingerprint density at radius 3 is 2.69 bits per heavy atom. The molecule has 1 amide bonds. The van der Waals surface area contributed by atoms with Crippen LogP contribution in [0.3, 0.4) is 0 Å². The summed E-state index contributed by atoms with van der Waals surface area (Å²) in [4.78, 5) is 10.7. The van der Waals surface area contributed by atoms with Crippen molar-refractivity contribution >= 4 is 21.8 Å². The molecule has 0 spiro atoms. The molecule has 0 aromatic heterocycles. The number of nitrogens with two attached hydrogens (primary N) is 1. The monoisotopic (exact) mass is 243 g/mol. The van der Waals surface area contributed by atoms with Crippen molar-refractivity contribution in [1.82, 2.24) is 0 Å². The molecule has 4 heteroatoms. The lowest BCUT2D eigenvalue weighted by atomic mass is 10.3. The van der Waals surface area contributed by atoms with Gasteiger partial charge in [-0.05, 0) is 35.0 Å². The van der Waals surface area contributed by atoms with Crippen molar-refractivity contribution in [2.75, 3.05) is 0 Å². The van der Waals surface area contributed by atoms with Crippen LogP contribution in [0.5, 0.6) is 5.75 Å². The number of carbonyl (C=O) groups is 1. The minimum atomic E-state index is -0.612. The fourth-order valence-electron chi connectivity index (χ4n) is 0.789. The first-order chi connectivity index (χ1) is 6.11. The van der Waals surface area contributed by atoms with Crippen LogP contribution in [0, 0.1) is 0 Å². The van der Waals surface area contributed by atoms with E-state index in [9.17, 15) is 4.79 Å². The molecule has 0 aliphatic heterocycles. The Hall–Kier alpha value is -1.03. The van der Waals surface area contributed by atoms with E-state index in [1.165, 1.54) is 0 Å². The molecule has 0 heterocycles. The Morgan fingerprint density at radius 1 is 1.54 bits per heavy atom. The van der Waals surface area contributed by atoms with Crippen LogP contribution in [0.2, 0.25) is 0 Å². The van der Waals surface area contributed by atoms with Gasteiger partial charge in [0.1, 0.15) is 5.75 Å². The zero-order valence-electron chi connectivity index (χ0n) is 7.16. The largest absolute Gasteiger partial charge is 0.480 e. The van der Waals surface area contributed by atoms with Crippen molar-refractivity contribution in [2.45, 2.75) is 13.0 Å². The van der Waals surface area contributed by atoms with Crippen LogP contribution in [0.1, 0.15) is 6.92 Å². The summed E-state index contributed by atoms with van der Waals surface area (Å²) in [6.07, 6.45) is -0.612. The molecule has 1 unspecified atom stereocenters. The van der Waals surface area contributed by atoms with Gasteiger partial charge in [-0.1, -0.05) is 12.1 Å². The summed E-state index contributed by atoms with van der Waals surface area (Å²) in [5, 5.41) is 0. The van der Waals surface area contributed by atoms with Crippen LogP contribution in [-0.2, 0) is 4.79 Å². The number of halogens is 1. The van der Waals surface area contributed by atoms with E-state index in [2.05, 4.69) is 15.9 Å². The lowest BCUT2D eigenvalue weighted by Gasteiger charge is -2.11. The zero-order chi connectivity index (χ0) is 9.84. The van der Waals surface area contributed by atoms with Gasteiger partial charge in [-0.25, -0.2) is 0 Å². The lowest BCUT2D eigenvalue weighted by Crippen LogP contribution is -2.30. The van der Waals surface area contributed by atoms with Gasteiger partial charge in [-0.2, -0.15) is 0 Å². The second kappa shape index (κ2) is 4.28. The quantitative estimate of drug-likeness (QED) is 0.879. The Kier molecular flexibility index (Phi) is 3.31. The van der Waals surface area contributed by atoms with Crippen molar-refractivity contribution in [3.63, 3.8) is 0 Å². The van der Waals surface area contributed by atoms with Gasteiger partial charge in [0.05, 0.1) is 4.47 Å². The molecule has 1 aromatic rings. The van der Waals surface area contributed by atoms with E-state index >= 15 is 0 Å². The summed E-state index contributed by atoms with van der Waals surface area (Å²) in [7, 11) is 0. The van der Waals surface area contributed by atoms with E-state index in [0.717, 1.165) is 4.47 Å². The van der Waals surface area contributed by atoms with Gasteiger partial charge >= 0.3 is 0 Å². The predicted molar refractivity (Wildman–Crippen MR) is 53.4 cm³/mol. The second-order valence-corrected chi connectivity index (χ2v) is 3.45. The molecule has 0 saturated heterocycles. The van der Waals surface area contributed by atoms with Crippen molar-refractivity contribution in [3.8, 4) is 5.75 Å². The molecule has 0 radical (unpaired) electrons. The normalized spacial score (nSPS) is 12.2. The Morgan fingerprint density at radius 2 is 2.15 bits per heavy atom. The van der Waals surface area contributed by atoms with Crippen LogP contribution in [0.4, 0.5) is 0 Å². The molecule has 1 aromatic carbocycles. The standard InChI is InChI=1S/C9H10BrNO2/c1-6(9(11)12)13-8-5-3-2-4-7(8)10/h2-6H,1H3,(H2,11,12). The molecular weight excluding hydrogens is 234 g/mol. The van der Waals surface area contributed by atoms with Gasteiger partial charge in [0.15, 0.2) is 6.10 Å². The number of carbonyl (C=O) groups excluding carboxylic acids is 1. The molecule has 1 atom stereocenters. The molecule has 70 valence electrons. The van der Waals surface area contributed by atoms with Crippen LogP contribution < -0.4 is 10.5 Å². The highest BCUT2D eigenvalue weighted by atomic mass is 79.9. The van der Waals surface area contributed by atoms with Crippen molar-refractivity contribution in [1.29, 1.82) is 0 Å². The molecule has 13 heavy (non-hydrogen) atoms. The summed E-state index contributed by atoms with van der Waals surface area (Å²) in [5.41, 5.74) is 5.05. The maximum Gasteiger partial charge on any atom is 0.258 e. The number of hydrogen-bond donors (Lipinski definition) is 1. The molecule has 0 bridgehead atoms. The van der Waals surface area contributed by atoms with E-state index in [4.69, 9.17) is 10.5 Å². The molecule has 1 rings (SSSR count). The van der Waals surface area contributed by atoms with Gasteiger partial charge in [0.2, 0.25) is 0 Å². The highest BCUT2D eigenvalue weighted by Gasteiger charge is 2.11. The summed E-state index contributed by atoms with van der Waals surface area (Å²) >= 11 is 3.30. The maximum absolute atomic E-state index is 10.7. The number of benzene rings is 1. The molecular formula is C9H10BrNO2. The first kappa shape index (κ1) is 10.1. The van der Waals surface area contributed by atoms with Gasteiger partial charge < -0.3 is 10.5 Å². The van der Waals surface area contributed by atoms with Gasteiger partial charge in [-0.15, -0.1) is 0 Å². The molecule has 0 aliphatic rings. The Labute approximate surface area is 85.0 Å². The van der Waals surface area contributed by atoms with E-state index in [-0.39, 0.29) is 0 Å². The van der Waals surface area contributed by atoms with E-state index < -0.39 is 12.0 Å². The number of ether oxygens (including phenoxy) is 1. The van der Waals surface area contributed by atoms with Crippen LogP contribution >= 0.6 is 15.9 Å². The first-order valence-electron chi connectivity index (χ1n) is 3.81. The third kappa shape index (κ3) is 2.73. The SMILES string of the molecule is CC(Oc1ccccc1Br)C(N)=O. The zero-order valence-corrected chi connectivity index (χ0v) is 8.74. The van der Waals surface area contributed by atoms with Crippen molar-refractivity contribution in [3.05, 3.63) is 28.7 Å². The average Bonchev–Trinajstić information content (AvgIpc) is 2.08. The van der Waals surface area contributed by atoms with Gasteiger partial charge in [0, 0.05) is 0 Å².